The van der Waals surface area contributed by atoms with E-state index in [0.29, 0.717) is 25.1 Å². The predicted molar refractivity (Wildman–Crippen MR) is 105 cm³/mol. The van der Waals surface area contributed by atoms with Crippen LogP contribution in [0.15, 0.2) is 42.6 Å². The standard InChI is InChI=1S/C21H24N4O2/c1-16-5-3-9-22-20(16)23-11-13-24(14-12-23)21(27)17-6-2-7-18(15-17)25-10-4-8-19(25)26/h2-3,5-7,9,15H,4,8,10-14H2,1H3. The van der Waals surface area contributed by atoms with Crippen molar-refractivity contribution in [2.45, 2.75) is 19.8 Å². The van der Waals surface area contributed by atoms with Crippen LogP contribution in [0.4, 0.5) is 11.5 Å². The van der Waals surface area contributed by atoms with Gasteiger partial charge in [0.15, 0.2) is 0 Å². The Morgan fingerprint density at radius 3 is 2.56 bits per heavy atom. The molecule has 0 spiro atoms. The second-order valence-corrected chi connectivity index (χ2v) is 7.12. The number of hydrogen-bond acceptors (Lipinski definition) is 4. The monoisotopic (exact) mass is 364 g/mol. The molecule has 27 heavy (non-hydrogen) atoms. The Morgan fingerprint density at radius 2 is 1.85 bits per heavy atom. The van der Waals surface area contributed by atoms with Gasteiger partial charge in [-0.25, -0.2) is 4.98 Å². The van der Waals surface area contributed by atoms with Crippen LogP contribution in [0.3, 0.4) is 0 Å². The van der Waals surface area contributed by atoms with Crippen molar-refractivity contribution in [2.75, 3.05) is 42.5 Å². The van der Waals surface area contributed by atoms with Crippen LogP contribution in [0, 0.1) is 6.92 Å². The molecular weight excluding hydrogens is 340 g/mol. The zero-order chi connectivity index (χ0) is 18.8. The molecule has 0 saturated carbocycles. The van der Waals surface area contributed by atoms with Gasteiger partial charge in [-0.15, -0.1) is 0 Å². The molecular formula is C21H24N4O2. The number of aryl methyl sites for hydroxylation is 1. The van der Waals surface area contributed by atoms with Crippen molar-refractivity contribution in [3.63, 3.8) is 0 Å². The lowest BCUT2D eigenvalue weighted by Crippen LogP contribution is -2.49. The van der Waals surface area contributed by atoms with E-state index in [9.17, 15) is 9.59 Å². The predicted octanol–water partition coefficient (Wildman–Crippen LogP) is 2.48. The molecule has 6 nitrogen and oxygen atoms in total. The molecule has 2 fully saturated rings. The van der Waals surface area contributed by atoms with Gasteiger partial charge in [-0.05, 0) is 43.2 Å². The summed E-state index contributed by atoms with van der Waals surface area (Å²) >= 11 is 0. The van der Waals surface area contributed by atoms with Crippen molar-refractivity contribution in [3.05, 3.63) is 53.7 Å². The summed E-state index contributed by atoms with van der Waals surface area (Å²) in [6.07, 6.45) is 3.28. The number of aromatic nitrogens is 1. The van der Waals surface area contributed by atoms with E-state index in [1.54, 1.807) is 4.90 Å². The number of benzene rings is 1. The van der Waals surface area contributed by atoms with Crippen molar-refractivity contribution in [2.24, 2.45) is 0 Å². The zero-order valence-electron chi connectivity index (χ0n) is 15.6. The summed E-state index contributed by atoms with van der Waals surface area (Å²) in [6, 6.07) is 11.5. The molecule has 0 N–H and O–H groups in total. The Hall–Kier alpha value is -2.89. The number of carbonyl (C=O) groups excluding carboxylic acids is 2. The van der Waals surface area contributed by atoms with Gasteiger partial charge in [0.05, 0.1) is 0 Å². The van der Waals surface area contributed by atoms with E-state index < -0.39 is 0 Å². The van der Waals surface area contributed by atoms with Gasteiger partial charge in [-0.1, -0.05) is 12.1 Å². The van der Waals surface area contributed by atoms with Crippen LogP contribution in [0.1, 0.15) is 28.8 Å². The number of carbonyl (C=O) groups is 2. The van der Waals surface area contributed by atoms with E-state index in [1.807, 2.05) is 41.4 Å². The first-order chi connectivity index (χ1) is 13.1. The number of amides is 2. The van der Waals surface area contributed by atoms with Gasteiger partial charge in [0.25, 0.3) is 5.91 Å². The van der Waals surface area contributed by atoms with Crippen LogP contribution >= 0.6 is 0 Å². The highest BCUT2D eigenvalue weighted by Crippen LogP contribution is 2.24. The number of piperazine rings is 1. The molecule has 6 heteroatoms. The third-order valence-corrected chi connectivity index (χ3v) is 5.33. The number of rotatable bonds is 3. The molecule has 4 rings (SSSR count). The van der Waals surface area contributed by atoms with Gasteiger partial charge in [-0.2, -0.15) is 0 Å². The lowest BCUT2D eigenvalue weighted by Gasteiger charge is -2.36. The molecule has 2 aliphatic rings. The van der Waals surface area contributed by atoms with E-state index in [0.717, 1.165) is 43.1 Å². The SMILES string of the molecule is Cc1cccnc1N1CCN(C(=O)c2cccc(N3CCCC3=O)c2)CC1. The minimum absolute atomic E-state index is 0.0286. The highest BCUT2D eigenvalue weighted by molar-refractivity contribution is 5.99. The van der Waals surface area contributed by atoms with Crippen molar-refractivity contribution in [1.29, 1.82) is 0 Å². The average molecular weight is 364 g/mol. The highest BCUT2D eigenvalue weighted by atomic mass is 16.2. The van der Waals surface area contributed by atoms with Crippen LogP contribution in [0.25, 0.3) is 0 Å². The Bertz CT molecular complexity index is 859. The zero-order valence-corrected chi connectivity index (χ0v) is 15.6. The summed E-state index contributed by atoms with van der Waals surface area (Å²) in [4.78, 5) is 35.3. The number of nitrogens with zero attached hydrogens (tertiary/aromatic N) is 4. The van der Waals surface area contributed by atoms with Crippen molar-refractivity contribution in [1.82, 2.24) is 9.88 Å². The molecule has 140 valence electrons. The second kappa shape index (κ2) is 7.39. The fourth-order valence-corrected chi connectivity index (χ4v) is 3.84. The first-order valence-corrected chi connectivity index (χ1v) is 9.50. The normalized spacial score (nSPS) is 17.5. The second-order valence-electron chi connectivity index (χ2n) is 7.12. The largest absolute Gasteiger partial charge is 0.353 e. The van der Waals surface area contributed by atoms with Gasteiger partial charge < -0.3 is 14.7 Å². The number of pyridine rings is 1. The van der Waals surface area contributed by atoms with E-state index in [4.69, 9.17) is 0 Å². The Kier molecular flexibility index (Phi) is 4.79. The third kappa shape index (κ3) is 3.52. The summed E-state index contributed by atoms with van der Waals surface area (Å²) < 4.78 is 0. The Morgan fingerprint density at radius 1 is 1.04 bits per heavy atom. The average Bonchev–Trinajstić information content (AvgIpc) is 3.14. The fraction of sp³-hybridized carbons (Fsp3) is 0.381. The summed E-state index contributed by atoms with van der Waals surface area (Å²) in [5, 5.41) is 0. The van der Waals surface area contributed by atoms with Crippen molar-refractivity contribution in [3.8, 4) is 0 Å². The minimum atomic E-state index is 0.0286. The molecule has 2 saturated heterocycles. The van der Waals surface area contributed by atoms with E-state index in [1.165, 1.54) is 0 Å². The van der Waals surface area contributed by atoms with Crippen molar-refractivity contribution < 1.29 is 9.59 Å². The molecule has 2 aromatic rings. The maximum absolute atomic E-state index is 12.9. The van der Waals surface area contributed by atoms with Crippen LogP contribution in [0.5, 0.6) is 0 Å². The lowest BCUT2D eigenvalue weighted by atomic mass is 10.1. The summed E-state index contributed by atoms with van der Waals surface area (Å²) in [7, 11) is 0. The number of anilines is 2. The van der Waals surface area contributed by atoms with Crippen LogP contribution in [-0.4, -0.2) is 54.4 Å². The molecule has 0 aliphatic carbocycles. The van der Waals surface area contributed by atoms with Gasteiger partial charge in [0.2, 0.25) is 5.91 Å². The lowest BCUT2D eigenvalue weighted by molar-refractivity contribution is -0.117. The van der Waals surface area contributed by atoms with Crippen molar-refractivity contribution >= 4 is 23.3 Å². The highest BCUT2D eigenvalue weighted by Gasteiger charge is 2.25. The van der Waals surface area contributed by atoms with Gasteiger partial charge in [0, 0.05) is 56.6 Å². The first-order valence-electron chi connectivity index (χ1n) is 9.50. The summed E-state index contributed by atoms with van der Waals surface area (Å²) in [5.41, 5.74) is 2.63. The Labute approximate surface area is 159 Å². The van der Waals surface area contributed by atoms with E-state index >= 15 is 0 Å². The maximum atomic E-state index is 12.9. The summed E-state index contributed by atoms with van der Waals surface area (Å²) in [6.45, 7) is 5.68. The quantitative estimate of drug-likeness (QED) is 0.840. The van der Waals surface area contributed by atoms with E-state index in [-0.39, 0.29) is 11.8 Å². The summed E-state index contributed by atoms with van der Waals surface area (Å²) in [5.74, 6) is 1.17. The number of hydrogen-bond donors (Lipinski definition) is 0. The third-order valence-electron chi connectivity index (χ3n) is 5.33. The Balaban J connectivity index is 1.44. The molecule has 1 aromatic carbocycles. The van der Waals surface area contributed by atoms with Crippen LogP contribution < -0.4 is 9.80 Å². The molecule has 2 amide bonds. The molecule has 2 aliphatic heterocycles. The molecule has 0 radical (unpaired) electrons. The smallest absolute Gasteiger partial charge is 0.254 e. The maximum Gasteiger partial charge on any atom is 0.254 e. The molecule has 0 atom stereocenters. The molecule has 3 heterocycles. The van der Waals surface area contributed by atoms with Gasteiger partial charge >= 0.3 is 0 Å². The van der Waals surface area contributed by atoms with Gasteiger partial charge in [-0.3, -0.25) is 9.59 Å². The topological polar surface area (TPSA) is 56.8 Å². The fourth-order valence-electron chi connectivity index (χ4n) is 3.84. The van der Waals surface area contributed by atoms with Crippen LogP contribution in [-0.2, 0) is 4.79 Å². The molecule has 0 unspecified atom stereocenters. The van der Waals surface area contributed by atoms with E-state index in [2.05, 4.69) is 22.9 Å². The van der Waals surface area contributed by atoms with Gasteiger partial charge in [0.1, 0.15) is 5.82 Å². The first kappa shape index (κ1) is 17.5. The minimum Gasteiger partial charge on any atom is -0.353 e. The molecule has 1 aromatic heterocycles. The van der Waals surface area contributed by atoms with Crippen LogP contribution in [0.2, 0.25) is 0 Å². The molecule has 0 bridgehead atoms.